The Labute approximate surface area is 233 Å². The monoisotopic (exact) mass is 578 g/mol. The second-order valence-electron chi connectivity index (χ2n) is 7.66. The van der Waals surface area contributed by atoms with Gasteiger partial charge in [-0.05, 0) is 49.3 Å². The number of rotatable bonds is 7. The SMILES string of the molecule is CCOC(=O)c1c(NC(=S)Nc2nn(Cc3ccc(Cl)cc3Cl)cc2Cl)sc(C)c1-c1ccccc1. The third-order valence-electron chi connectivity index (χ3n) is 5.15. The van der Waals surface area contributed by atoms with E-state index in [0.29, 0.717) is 38.0 Å². The third-order valence-corrected chi connectivity index (χ3v) is 7.24. The Kier molecular flexibility index (Phi) is 8.54. The van der Waals surface area contributed by atoms with Gasteiger partial charge in [0.2, 0.25) is 0 Å². The number of thiophene rings is 1. The topological polar surface area (TPSA) is 68.2 Å². The molecular formula is C25H21Cl3N4O2S2. The predicted octanol–water partition coefficient (Wildman–Crippen LogP) is 7.91. The van der Waals surface area contributed by atoms with Gasteiger partial charge in [0, 0.05) is 26.7 Å². The summed E-state index contributed by atoms with van der Waals surface area (Å²) in [6.07, 6.45) is 1.67. The quantitative estimate of drug-likeness (QED) is 0.171. The zero-order valence-corrected chi connectivity index (χ0v) is 23.2. The van der Waals surface area contributed by atoms with Crippen molar-refractivity contribution in [2.45, 2.75) is 20.4 Å². The van der Waals surface area contributed by atoms with Crippen molar-refractivity contribution in [2.75, 3.05) is 17.2 Å². The number of hydrogen-bond donors (Lipinski definition) is 2. The highest BCUT2D eigenvalue weighted by molar-refractivity contribution is 7.80. The van der Waals surface area contributed by atoms with E-state index in [-0.39, 0.29) is 11.7 Å². The van der Waals surface area contributed by atoms with Gasteiger partial charge >= 0.3 is 5.97 Å². The van der Waals surface area contributed by atoms with Gasteiger partial charge in [-0.3, -0.25) is 4.68 Å². The summed E-state index contributed by atoms with van der Waals surface area (Å²) in [6, 6.07) is 15.0. The molecule has 0 aliphatic carbocycles. The first-order valence-electron chi connectivity index (χ1n) is 10.9. The smallest absolute Gasteiger partial charge is 0.341 e. The fourth-order valence-electron chi connectivity index (χ4n) is 3.61. The summed E-state index contributed by atoms with van der Waals surface area (Å²) in [5.74, 6) is -0.0540. The van der Waals surface area contributed by atoms with Crippen molar-refractivity contribution in [3.05, 3.63) is 85.8 Å². The Bertz CT molecular complexity index is 1420. The molecule has 0 saturated carbocycles. The first-order chi connectivity index (χ1) is 17.3. The minimum Gasteiger partial charge on any atom is -0.462 e. The van der Waals surface area contributed by atoms with Gasteiger partial charge in [-0.15, -0.1) is 11.3 Å². The standard InChI is InChI=1S/C25H21Cl3N4O2S2/c1-3-34-24(33)21-20(15-7-5-4-6-8-15)14(2)36-23(21)30-25(35)29-22-19(28)13-32(31-22)12-16-9-10-17(26)11-18(16)27/h4-11,13H,3,12H2,1-2H3,(H2,29,30,31,35). The van der Waals surface area contributed by atoms with Crippen LogP contribution in [0.3, 0.4) is 0 Å². The van der Waals surface area contributed by atoms with Crippen molar-refractivity contribution in [3.63, 3.8) is 0 Å². The van der Waals surface area contributed by atoms with Crippen LogP contribution in [0, 0.1) is 6.92 Å². The molecule has 36 heavy (non-hydrogen) atoms. The summed E-state index contributed by atoms with van der Waals surface area (Å²) in [7, 11) is 0. The molecule has 4 aromatic rings. The summed E-state index contributed by atoms with van der Waals surface area (Å²) in [6.45, 7) is 4.38. The molecule has 4 rings (SSSR count). The molecule has 186 valence electrons. The van der Waals surface area contributed by atoms with E-state index < -0.39 is 5.97 Å². The van der Waals surface area contributed by atoms with Gasteiger partial charge in [0.25, 0.3) is 0 Å². The number of aromatic nitrogens is 2. The molecule has 0 aliphatic heterocycles. The van der Waals surface area contributed by atoms with Gasteiger partial charge in [-0.1, -0.05) is 71.2 Å². The first-order valence-corrected chi connectivity index (χ1v) is 13.2. The Morgan fingerprint density at radius 1 is 1.11 bits per heavy atom. The van der Waals surface area contributed by atoms with Crippen molar-refractivity contribution in [3.8, 4) is 11.1 Å². The molecule has 2 heterocycles. The van der Waals surface area contributed by atoms with Crippen molar-refractivity contribution in [1.82, 2.24) is 9.78 Å². The number of carbonyl (C=O) groups excluding carboxylic acids is 1. The number of benzene rings is 2. The highest BCUT2D eigenvalue weighted by Gasteiger charge is 2.25. The minimum absolute atomic E-state index is 0.234. The molecule has 6 nitrogen and oxygen atoms in total. The van der Waals surface area contributed by atoms with Gasteiger partial charge < -0.3 is 15.4 Å². The maximum atomic E-state index is 12.9. The van der Waals surface area contributed by atoms with E-state index in [4.69, 9.17) is 51.8 Å². The van der Waals surface area contributed by atoms with Crippen LogP contribution in [0.25, 0.3) is 11.1 Å². The maximum absolute atomic E-state index is 12.9. The second-order valence-corrected chi connectivity index (χ2v) is 10.5. The predicted molar refractivity (Wildman–Crippen MR) is 153 cm³/mol. The molecule has 0 unspecified atom stereocenters. The van der Waals surface area contributed by atoms with E-state index >= 15 is 0 Å². The summed E-state index contributed by atoms with van der Waals surface area (Å²) < 4.78 is 7.00. The lowest BCUT2D eigenvalue weighted by atomic mass is 10.0. The third kappa shape index (κ3) is 6.02. The van der Waals surface area contributed by atoms with Crippen LogP contribution >= 0.6 is 58.4 Å². The van der Waals surface area contributed by atoms with Crippen molar-refractivity contribution >= 4 is 80.3 Å². The lowest BCUT2D eigenvalue weighted by molar-refractivity contribution is 0.0529. The van der Waals surface area contributed by atoms with Crippen molar-refractivity contribution < 1.29 is 9.53 Å². The molecule has 0 bridgehead atoms. The molecule has 0 saturated heterocycles. The Morgan fingerprint density at radius 3 is 2.56 bits per heavy atom. The lowest BCUT2D eigenvalue weighted by Crippen LogP contribution is -2.21. The number of carbonyl (C=O) groups is 1. The molecule has 0 fully saturated rings. The Balaban J connectivity index is 1.55. The number of aryl methyl sites for hydroxylation is 1. The summed E-state index contributed by atoms with van der Waals surface area (Å²) in [5, 5.41) is 12.9. The van der Waals surface area contributed by atoms with Crippen LogP contribution in [-0.2, 0) is 11.3 Å². The van der Waals surface area contributed by atoms with Crippen LogP contribution in [-0.4, -0.2) is 27.5 Å². The zero-order valence-electron chi connectivity index (χ0n) is 19.3. The fraction of sp³-hybridized carbons (Fsp3) is 0.160. The van der Waals surface area contributed by atoms with Crippen LogP contribution in [0.4, 0.5) is 10.8 Å². The molecule has 0 amide bonds. The van der Waals surface area contributed by atoms with E-state index in [9.17, 15) is 4.79 Å². The number of esters is 1. The van der Waals surface area contributed by atoms with Crippen LogP contribution in [0.5, 0.6) is 0 Å². The number of thiocarbonyl (C=S) groups is 1. The largest absolute Gasteiger partial charge is 0.462 e. The normalized spacial score (nSPS) is 10.8. The van der Waals surface area contributed by atoms with Gasteiger partial charge in [-0.25, -0.2) is 4.79 Å². The van der Waals surface area contributed by atoms with E-state index in [1.807, 2.05) is 43.3 Å². The molecule has 11 heteroatoms. The number of ether oxygens (including phenoxy) is 1. The highest BCUT2D eigenvalue weighted by atomic mass is 35.5. The van der Waals surface area contributed by atoms with Crippen LogP contribution in [0.15, 0.2) is 54.7 Å². The number of anilines is 2. The summed E-state index contributed by atoms with van der Waals surface area (Å²) >= 11 is 25.6. The lowest BCUT2D eigenvalue weighted by Gasteiger charge is -2.11. The molecule has 2 aromatic carbocycles. The molecule has 0 atom stereocenters. The van der Waals surface area contributed by atoms with Crippen LogP contribution in [0.1, 0.15) is 27.7 Å². The minimum atomic E-state index is -0.423. The van der Waals surface area contributed by atoms with E-state index in [1.54, 1.807) is 29.9 Å². The van der Waals surface area contributed by atoms with E-state index in [2.05, 4.69) is 15.7 Å². The molecule has 0 spiro atoms. The Hall–Kier alpha value is -2.62. The van der Waals surface area contributed by atoms with Crippen molar-refractivity contribution in [1.29, 1.82) is 0 Å². The van der Waals surface area contributed by atoms with Crippen LogP contribution < -0.4 is 10.6 Å². The molecule has 0 radical (unpaired) electrons. The maximum Gasteiger partial charge on any atom is 0.341 e. The number of hydrogen-bond acceptors (Lipinski definition) is 5. The molecular weight excluding hydrogens is 559 g/mol. The van der Waals surface area contributed by atoms with E-state index in [1.165, 1.54) is 11.3 Å². The van der Waals surface area contributed by atoms with Gasteiger partial charge in [0.15, 0.2) is 10.9 Å². The molecule has 0 aliphatic rings. The Morgan fingerprint density at radius 2 is 1.86 bits per heavy atom. The average molecular weight is 580 g/mol. The molecule has 2 N–H and O–H groups in total. The van der Waals surface area contributed by atoms with Gasteiger partial charge in [0.05, 0.1) is 13.2 Å². The highest BCUT2D eigenvalue weighted by Crippen LogP contribution is 2.40. The first kappa shape index (κ1) is 26.4. The van der Waals surface area contributed by atoms with Gasteiger partial charge in [0.1, 0.15) is 15.6 Å². The second kappa shape index (κ2) is 11.6. The van der Waals surface area contributed by atoms with E-state index in [0.717, 1.165) is 21.6 Å². The van der Waals surface area contributed by atoms with Crippen LogP contribution in [0.2, 0.25) is 15.1 Å². The zero-order chi connectivity index (χ0) is 25.8. The van der Waals surface area contributed by atoms with Crippen molar-refractivity contribution in [2.24, 2.45) is 0 Å². The van der Waals surface area contributed by atoms with Gasteiger partial charge in [-0.2, -0.15) is 5.10 Å². The number of nitrogens with one attached hydrogen (secondary N) is 2. The number of halogens is 3. The molecule has 2 aromatic heterocycles. The summed E-state index contributed by atoms with van der Waals surface area (Å²) in [5.41, 5.74) is 3.01. The fourth-order valence-corrected chi connectivity index (χ4v) is 5.61. The average Bonchev–Trinajstić information content (AvgIpc) is 3.34. The summed E-state index contributed by atoms with van der Waals surface area (Å²) in [4.78, 5) is 13.9. The number of nitrogens with zero attached hydrogens (tertiary/aromatic N) is 2.